The number of rotatable bonds is 3. The summed E-state index contributed by atoms with van der Waals surface area (Å²) in [7, 11) is 0. The number of carbonyl (C=O) groups excluding carboxylic acids is 1. The zero-order chi connectivity index (χ0) is 14.3. The molecule has 19 heavy (non-hydrogen) atoms. The predicted octanol–water partition coefficient (Wildman–Crippen LogP) is 2.54. The smallest absolute Gasteiger partial charge is 0.408 e. The number of carbonyl (C=O) groups is 2. The molecule has 2 aliphatic carbocycles. The van der Waals surface area contributed by atoms with E-state index in [0.717, 1.165) is 25.7 Å². The van der Waals surface area contributed by atoms with Crippen LogP contribution >= 0.6 is 0 Å². The molecule has 2 N–H and O–H groups in total. The summed E-state index contributed by atoms with van der Waals surface area (Å²) in [6.07, 6.45) is 3.76. The molecule has 0 aromatic rings. The van der Waals surface area contributed by atoms with Gasteiger partial charge in [0.15, 0.2) is 0 Å². The Labute approximate surface area is 113 Å². The molecule has 2 unspecified atom stereocenters. The molecular weight excluding hydrogens is 246 g/mol. The summed E-state index contributed by atoms with van der Waals surface area (Å²) < 4.78 is 5.28. The third kappa shape index (κ3) is 3.39. The van der Waals surface area contributed by atoms with E-state index < -0.39 is 11.6 Å². The minimum Gasteiger partial charge on any atom is -0.481 e. The summed E-state index contributed by atoms with van der Waals surface area (Å²) >= 11 is 0. The highest BCUT2D eigenvalue weighted by molar-refractivity contribution is 5.71. The van der Waals surface area contributed by atoms with Gasteiger partial charge in [0.25, 0.3) is 0 Å². The minimum atomic E-state index is -0.712. The Morgan fingerprint density at radius 3 is 2.32 bits per heavy atom. The van der Waals surface area contributed by atoms with Crippen molar-refractivity contribution in [3.05, 3.63) is 0 Å². The Kier molecular flexibility index (Phi) is 3.49. The van der Waals surface area contributed by atoms with Crippen LogP contribution in [0.1, 0.15) is 52.9 Å². The Morgan fingerprint density at radius 2 is 1.89 bits per heavy atom. The van der Waals surface area contributed by atoms with Crippen molar-refractivity contribution < 1.29 is 19.4 Å². The van der Waals surface area contributed by atoms with Crippen LogP contribution < -0.4 is 5.32 Å². The van der Waals surface area contributed by atoms with E-state index in [1.807, 2.05) is 20.8 Å². The van der Waals surface area contributed by atoms with Gasteiger partial charge in [0, 0.05) is 5.54 Å². The average Bonchev–Trinajstić information content (AvgIpc) is 2.84. The quantitative estimate of drug-likeness (QED) is 0.825. The van der Waals surface area contributed by atoms with Crippen LogP contribution in [0.3, 0.4) is 0 Å². The van der Waals surface area contributed by atoms with E-state index in [0.29, 0.717) is 6.42 Å². The first kappa shape index (κ1) is 14.2. The van der Waals surface area contributed by atoms with E-state index in [4.69, 9.17) is 9.84 Å². The molecule has 2 rings (SSSR count). The monoisotopic (exact) mass is 269 g/mol. The predicted molar refractivity (Wildman–Crippen MR) is 69.8 cm³/mol. The van der Waals surface area contributed by atoms with Crippen LogP contribution in [0.25, 0.3) is 0 Å². The van der Waals surface area contributed by atoms with E-state index in [1.54, 1.807) is 0 Å². The number of carboxylic acids is 1. The van der Waals surface area contributed by atoms with Crippen LogP contribution in [-0.4, -0.2) is 28.3 Å². The molecule has 0 spiro atoms. The van der Waals surface area contributed by atoms with Gasteiger partial charge in [-0.1, -0.05) is 0 Å². The van der Waals surface area contributed by atoms with E-state index in [-0.39, 0.29) is 23.5 Å². The maximum absolute atomic E-state index is 11.8. The Balaban J connectivity index is 1.90. The molecule has 2 atom stereocenters. The first-order valence-electron chi connectivity index (χ1n) is 6.96. The van der Waals surface area contributed by atoms with Gasteiger partial charge in [-0.2, -0.15) is 0 Å². The van der Waals surface area contributed by atoms with Crippen LogP contribution in [-0.2, 0) is 9.53 Å². The van der Waals surface area contributed by atoms with E-state index in [2.05, 4.69) is 5.32 Å². The Hall–Kier alpha value is -1.26. The Morgan fingerprint density at radius 1 is 1.26 bits per heavy atom. The molecule has 1 amide bonds. The van der Waals surface area contributed by atoms with Crippen molar-refractivity contribution >= 4 is 12.1 Å². The van der Waals surface area contributed by atoms with E-state index >= 15 is 0 Å². The minimum absolute atomic E-state index is 0.202. The largest absolute Gasteiger partial charge is 0.481 e. The second-order valence-electron chi connectivity index (χ2n) is 6.83. The number of ether oxygens (including phenoxy) is 1. The van der Waals surface area contributed by atoms with Gasteiger partial charge in [-0.05, 0) is 58.8 Å². The SMILES string of the molecule is CC(C)(C)OC(=O)NC1(C2CCC(C(=O)O)C2)CC1. The highest BCUT2D eigenvalue weighted by Gasteiger charge is 2.53. The number of alkyl carbamates (subject to hydrolysis) is 1. The fourth-order valence-corrected chi connectivity index (χ4v) is 2.98. The number of hydrogen-bond acceptors (Lipinski definition) is 3. The molecule has 0 aromatic heterocycles. The van der Waals surface area contributed by atoms with Crippen LogP contribution in [0.5, 0.6) is 0 Å². The highest BCUT2D eigenvalue weighted by Crippen LogP contribution is 2.50. The van der Waals surface area contributed by atoms with Crippen LogP contribution in [0.4, 0.5) is 4.79 Å². The standard InChI is InChI=1S/C14H23NO4/c1-13(2,3)19-12(18)15-14(6-7-14)10-5-4-9(8-10)11(16)17/h9-10H,4-8H2,1-3H3,(H,15,18)(H,16,17). The third-order valence-corrected chi connectivity index (χ3v) is 4.10. The maximum Gasteiger partial charge on any atom is 0.408 e. The van der Waals surface area contributed by atoms with Gasteiger partial charge in [-0.15, -0.1) is 0 Å². The van der Waals surface area contributed by atoms with E-state index in [1.165, 1.54) is 0 Å². The summed E-state index contributed by atoms with van der Waals surface area (Å²) in [5, 5.41) is 12.0. The van der Waals surface area contributed by atoms with Gasteiger partial charge >= 0.3 is 12.1 Å². The van der Waals surface area contributed by atoms with Crippen LogP contribution in [0, 0.1) is 11.8 Å². The lowest BCUT2D eigenvalue weighted by atomic mass is 9.94. The van der Waals surface area contributed by atoms with Crippen LogP contribution in [0.15, 0.2) is 0 Å². The zero-order valence-electron chi connectivity index (χ0n) is 11.9. The molecule has 0 saturated heterocycles. The number of carboxylic acid groups (broad SMARTS) is 1. The van der Waals surface area contributed by atoms with Crippen molar-refractivity contribution in [1.82, 2.24) is 5.32 Å². The maximum atomic E-state index is 11.8. The first-order chi connectivity index (χ1) is 8.72. The highest BCUT2D eigenvalue weighted by atomic mass is 16.6. The lowest BCUT2D eigenvalue weighted by Gasteiger charge is -2.27. The van der Waals surface area contributed by atoms with Gasteiger partial charge in [0.1, 0.15) is 5.60 Å². The van der Waals surface area contributed by atoms with Gasteiger partial charge in [0.05, 0.1) is 5.92 Å². The summed E-state index contributed by atoms with van der Waals surface area (Å²) in [6.45, 7) is 5.51. The first-order valence-corrected chi connectivity index (χ1v) is 6.96. The molecule has 2 fully saturated rings. The molecular formula is C14H23NO4. The van der Waals surface area contributed by atoms with Gasteiger partial charge in [0.2, 0.25) is 0 Å². The normalized spacial score (nSPS) is 28.8. The molecule has 0 aromatic carbocycles. The van der Waals surface area contributed by atoms with Crippen molar-refractivity contribution in [3.8, 4) is 0 Å². The lowest BCUT2D eigenvalue weighted by Crippen LogP contribution is -2.44. The molecule has 2 aliphatic rings. The molecule has 5 nitrogen and oxygen atoms in total. The molecule has 0 radical (unpaired) electrons. The van der Waals surface area contributed by atoms with Gasteiger partial charge in [-0.25, -0.2) is 4.79 Å². The number of hydrogen-bond donors (Lipinski definition) is 2. The summed E-state index contributed by atoms with van der Waals surface area (Å²) in [5.74, 6) is -0.681. The van der Waals surface area contributed by atoms with Crippen molar-refractivity contribution in [2.75, 3.05) is 0 Å². The molecule has 5 heteroatoms. The molecule has 0 heterocycles. The average molecular weight is 269 g/mol. The van der Waals surface area contributed by atoms with Crippen molar-refractivity contribution in [3.63, 3.8) is 0 Å². The number of aliphatic carboxylic acids is 1. The van der Waals surface area contributed by atoms with E-state index in [9.17, 15) is 9.59 Å². The third-order valence-electron chi connectivity index (χ3n) is 4.10. The zero-order valence-corrected chi connectivity index (χ0v) is 11.9. The molecule has 0 bridgehead atoms. The second-order valence-corrected chi connectivity index (χ2v) is 6.83. The molecule has 2 saturated carbocycles. The number of amides is 1. The number of nitrogens with one attached hydrogen (secondary N) is 1. The summed E-state index contributed by atoms with van der Waals surface area (Å²) in [6, 6.07) is 0. The van der Waals surface area contributed by atoms with Gasteiger partial charge in [-0.3, -0.25) is 4.79 Å². The molecule has 0 aliphatic heterocycles. The fourth-order valence-electron chi connectivity index (χ4n) is 2.98. The van der Waals surface area contributed by atoms with Gasteiger partial charge < -0.3 is 15.2 Å². The fraction of sp³-hybridized carbons (Fsp3) is 0.857. The van der Waals surface area contributed by atoms with Crippen molar-refractivity contribution in [1.29, 1.82) is 0 Å². The van der Waals surface area contributed by atoms with Crippen LogP contribution in [0.2, 0.25) is 0 Å². The lowest BCUT2D eigenvalue weighted by molar-refractivity contribution is -0.141. The second kappa shape index (κ2) is 4.69. The summed E-state index contributed by atoms with van der Waals surface area (Å²) in [4.78, 5) is 22.8. The summed E-state index contributed by atoms with van der Waals surface area (Å²) in [5.41, 5.74) is -0.702. The van der Waals surface area contributed by atoms with Crippen molar-refractivity contribution in [2.45, 2.75) is 64.0 Å². The topological polar surface area (TPSA) is 75.6 Å². The van der Waals surface area contributed by atoms with Crippen molar-refractivity contribution in [2.24, 2.45) is 11.8 Å². The molecule has 108 valence electrons. The Bertz CT molecular complexity index is 381.